The molecule has 2 aromatic carbocycles. The average molecular weight is 444 g/mol. The van der Waals surface area contributed by atoms with Gasteiger partial charge in [-0.25, -0.2) is 9.78 Å². The molecule has 0 spiro atoms. The molecule has 1 saturated heterocycles. The largest absolute Gasteiger partial charge is 0.479 e. The number of rotatable bonds is 7. The van der Waals surface area contributed by atoms with E-state index in [1.807, 2.05) is 42.5 Å². The van der Waals surface area contributed by atoms with Gasteiger partial charge in [0.25, 0.3) is 0 Å². The third-order valence-corrected chi connectivity index (χ3v) is 8.44. The van der Waals surface area contributed by atoms with E-state index in [0.717, 1.165) is 14.6 Å². The van der Waals surface area contributed by atoms with Crippen LogP contribution in [0.2, 0.25) is 0 Å². The summed E-state index contributed by atoms with van der Waals surface area (Å²) in [5.41, 5.74) is 1.99. The zero-order valence-corrected chi connectivity index (χ0v) is 17.8. The van der Waals surface area contributed by atoms with Crippen molar-refractivity contribution in [1.29, 1.82) is 0 Å². The highest BCUT2D eigenvalue weighted by Crippen LogP contribution is 2.44. The number of aliphatic imine (C=N–C) groups is 1. The van der Waals surface area contributed by atoms with Crippen molar-refractivity contribution in [2.24, 2.45) is 4.99 Å². The Morgan fingerprint density at radius 1 is 1.24 bits per heavy atom. The quantitative estimate of drug-likeness (QED) is 0.320. The van der Waals surface area contributed by atoms with E-state index in [4.69, 9.17) is 0 Å². The van der Waals surface area contributed by atoms with Gasteiger partial charge in [-0.15, -0.1) is 11.3 Å². The molecule has 6 nitrogen and oxygen atoms in total. The van der Waals surface area contributed by atoms with E-state index < -0.39 is 12.0 Å². The maximum Gasteiger partial charge on any atom is 0.332 e. The summed E-state index contributed by atoms with van der Waals surface area (Å²) >= 11 is 1.59. The van der Waals surface area contributed by atoms with Crippen molar-refractivity contribution in [2.75, 3.05) is 0 Å². The summed E-state index contributed by atoms with van der Waals surface area (Å²) in [4.78, 5) is 34.6. The summed E-state index contributed by atoms with van der Waals surface area (Å²) in [5, 5.41) is 9.54. The molecule has 1 aliphatic heterocycles. The van der Waals surface area contributed by atoms with Gasteiger partial charge in [0.2, 0.25) is 5.91 Å². The lowest BCUT2D eigenvalue weighted by Gasteiger charge is -2.42. The molecule has 9 heteroatoms. The Hall–Kier alpha value is -2.36. The summed E-state index contributed by atoms with van der Waals surface area (Å²) < 4.78 is 1.99. The van der Waals surface area contributed by atoms with Crippen LogP contribution in [-0.2, 0) is 9.59 Å². The normalized spacial score (nSPS) is 18.0. The van der Waals surface area contributed by atoms with Gasteiger partial charge < -0.3 is 10.0 Å². The van der Waals surface area contributed by atoms with E-state index in [-0.39, 0.29) is 11.3 Å². The van der Waals surface area contributed by atoms with Crippen molar-refractivity contribution in [2.45, 2.75) is 29.1 Å². The van der Waals surface area contributed by atoms with Gasteiger partial charge in [-0.3, -0.25) is 9.79 Å². The van der Waals surface area contributed by atoms with Crippen molar-refractivity contribution >= 4 is 66.4 Å². The Bertz CT molecular complexity index is 1050. The Labute approximate surface area is 179 Å². The number of aliphatic carboxylic acids is 1. The van der Waals surface area contributed by atoms with Crippen molar-refractivity contribution in [1.82, 2.24) is 9.88 Å². The lowest BCUT2D eigenvalue weighted by atomic mass is 10.1. The van der Waals surface area contributed by atoms with Gasteiger partial charge in [-0.05, 0) is 42.0 Å². The third kappa shape index (κ3) is 4.31. The fourth-order valence-corrected chi connectivity index (χ4v) is 6.85. The first-order chi connectivity index (χ1) is 14.0. The second-order valence-corrected chi connectivity index (χ2v) is 10.1. The summed E-state index contributed by atoms with van der Waals surface area (Å²) in [6, 6.07) is 16.0. The molecule has 2 unspecified atom stereocenters. The van der Waals surface area contributed by atoms with Crippen LogP contribution in [0.1, 0.15) is 13.3 Å². The van der Waals surface area contributed by atoms with Crippen LogP contribution in [0.3, 0.4) is 0 Å². The summed E-state index contributed by atoms with van der Waals surface area (Å²) in [6.07, 6.45) is 0.310. The number of likely N-dealkylation sites (tertiary alicyclic amines) is 1. The molecule has 0 radical (unpaired) electrons. The van der Waals surface area contributed by atoms with E-state index >= 15 is 0 Å². The Morgan fingerprint density at radius 2 is 1.97 bits per heavy atom. The molecule has 3 aromatic rings. The molecule has 0 aliphatic carbocycles. The minimum absolute atomic E-state index is 0.178. The van der Waals surface area contributed by atoms with E-state index in [1.165, 1.54) is 26.5 Å². The molecule has 2 atom stereocenters. The SMILES string of the molecule is CC(=Nc1ccccc1)C(C(=O)O)N1C(=O)CC1SSc1nc2ccccc2s1. The van der Waals surface area contributed by atoms with Crippen LogP contribution in [0, 0.1) is 0 Å². The zero-order chi connectivity index (χ0) is 20.4. The molecule has 4 rings (SSSR count). The molecule has 0 bridgehead atoms. The molecule has 1 aromatic heterocycles. The molecule has 1 aliphatic rings. The van der Waals surface area contributed by atoms with Crippen molar-refractivity contribution in [3.05, 3.63) is 54.6 Å². The highest BCUT2D eigenvalue weighted by molar-refractivity contribution is 8.77. The fraction of sp³-hybridized carbons (Fsp3) is 0.200. The monoisotopic (exact) mass is 443 g/mol. The number of hydrogen-bond acceptors (Lipinski definition) is 7. The molecule has 1 amide bonds. The van der Waals surface area contributed by atoms with Gasteiger partial charge in [0.15, 0.2) is 10.4 Å². The molecule has 148 valence electrons. The summed E-state index contributed by atoms with van der Waals surface area (Å²) in [6.45, 7) is 1.65. The van der Waals surface area contributed by atoms with Crippen LogP contribution >= 0.6 is 32.9 Å². The standard InChI is InChI=1S/C20H17N3O3S3/c1-12(21-13-7-3-2-4-8-13)18(19(25)26)23-16(24)11-17(23)28-29-20-22-14-9-5-6-10-15(14)27-20/h2-10,17-18H,11H2,1H3,(H,25,26). The number of carboxylic acids is 1. The smallest absolute Gasteiger partial charge is 0.332 e. The Kier molecular flexibility index (Phi) is 5.89. The van der Waals surface area contributed by atoms with Gasteiger partial charge in [-0.2, -0.15) is 0 Å². The first kappa shape index (κ1) is 19.9. The van der Waals surface area contributed by atoms with Crippen molar-refractivity contribution in [3.63, 3.8) is 0 Å². The van der Waals surface area contributed by atoms with Crippen LogP contribution in [0.5, 0.6) is 0 Å². The van der Waals surface area contributed by atoms with E-state index in [9.17, 15) is 14.7 Å². The summed E-state index contributed by atoms with van der Waals surface area (Å²) in [7, 11) is 2.94. The Balaban J connectivity index is 1.49. The second kappa shape index (κ2) is 8.56. The van der Waals surface area contributed by atoms with Crippen molar-refractivity contribution < 1.29 is 14.7 Å². The highest BCUT2D eigenvalue weighted by Gasteiger charge is 2.45. The van der Waals surface area contributed by atoms with Gasteiger partial charge >= 0.3 is 5.97 Å². The minimum atomic E-state index is -1.08. The molecular weight excluding hydrogens is 426 g/mol. The maximum absolute atomic E-state index is 12.3. The van der Waals surface area contributed by atoms with Gasteiger partial charge in [-0.1, -0.05) is 41.1 Å². The second-order valence-electron chi connectivity index (χ2n) is 6.42. The number of nitrogens with zero attached hydrogens (tertiary/aromatic N) is 3. The first-order valence-corrected chi connectivity index (χ1v) is 11.9. The molecule has 1 fully saturated rings. The number of aromatic nitrogens is 1. The van der Waals surface area contributed by atoms with Gasteiger partial charge in [0, 0.05) is 5.71 Å². The highest BCUT2D eigenvalue weighted by atomic mass is 33.1. The maximum atomic E-state index is 12.3. The number of carbonyl (C=O) groups excluding carboxylic acids is 1. The lowest BCUT2D eigenvalue weighted by Crippen LogP contribution is -2.60. The number of para-hydroxylation sites is 2. The predicted octanol–water partition coefficient (Wildman–Crippen LogP) is 4.84. The average Bonchev–Trinajstić information content (AvgIpc) is 3.12. The van der Waals surface area contributed by atoms with Crippen LogP contribution in [-0.4, -0.2) is 44.0 Å². The lowest BCUT2D eigenvalue weighted by molar-refractivity contribution is -0.154. The predicted molar refractivity (Wildman–Crippen MR) is 119 cm³/mol. The van der Waals surface area contributed by atoms with Gasteiger partial charge in [0.1, 0.15) is 0 Å². The number of carbonyl (C=O) groups is 2. The molecule has 29 heavy (non-hydrogen) atoms. The van der Waals surface area contributed by atoms with E-state index in [2.05, 4.69) is 9.98 Å². The number of fused-ring (bicyclic) bond motifs is 1. The number of hydrogen-bond donors (Lipinski definition) is 1. The van der Waals surface area contributed by atoms with E-state index in [1.54, 1.807) is 30.4 Å². The number of thiazole rings is 1. The molecule has 0 saturated carbocycles. The fourth-order valence-electron chi connectivity index (χ4n) is 3.04. The Morgan fingerprint density at radius 3 is 2.66 bits per heavy atom. The topological polar surface area (TPSA) is 82.9 Å². The molecular formula is C20H17N3O3S3. The number of benzene rings is 2. The van der Waals surface area contributed by atoms with Crippen LogP contribution in [0.15, 0.2) is 63.9 Å². The molecule has 2 heterocycles. The summed E-state index contributed by atoms with van der Waals surface area (Å²) in [5.74, 6) is -1.26. The van der Waals surface area contributed by atoms with E-state index in [0.29, 0.717) is 17.8 Å². The van der Waals surface area contributed by atoms with Crippen LogP contribution in [0.25, 0.3) is 10.2 Å². The van der Waals surface area contributed by atoms with Crippen LogP contribution < -0.4 is 0 Å². The number of carboxylic acid groups (broad SMARTS) is 1. The number of amides is 1. The van der Waals surface area contributed by atoms with Crippen molar-refractivity contribution in [3.8, 4) is 0 Å². The minimum Gasteiger partial charge on any atom is -0.479 e. The zero-order valence-electron chi connectivity index (χ0n) is 15.4. The molecule has 1 N–H and O–H groups in total. The first-order valence-electron chi connectivity index (χ1n) is 8.86. The van der Waals surface area contributed by atoms with Crippen LogP contribution in [0.4, 0.5) is 5.69 Å². The third-order valence-electron chi connectivity index (χ3n) is 4.42. The van der Waals surface area contributed by atoms with Gasteiger partial charge in [0.05, 0.1) is 27.7 Å². The number of β-lactam (4-membered cyclic amide) rings is 1.